The summed E-state index contributed by atoms with van der Waals surface area (Å²) in [5, 5.41) is 11.8. The van der Waals surface area contributed by atoms with Crippen molar-refractivity contribution in [2.24, 2.45) is 0 Å². The van der Waals surface area contributed by atoms with Crippen LogP contribution in [0.1, 0.15) is 0 Å². The second-order valence-electron chi connectivity index (χ2n) is 12.1. The van der Waals surface area contributed by atoms with E-state index in [4.69, 9.17) is 11.6 Å². The van der Waals surface area contributed by atoms with Gasteiger partial charge in [-0.2, -0.15) is 0 Å². The van der Waals surface area contributed by atoms with Gasteiger partial charge in [0.15, 0.2) is 5.69 Å². The highest BCUT2D eigenvalue weighted by molar-refractivity contribution is 6.31. The zero-order valence-electron chi connectivity index (χ0n) is 25.3. The molecule has 47 heavy (non-hydrogen) atoms. The summed E-state index contributed by atoms with van der Waals surface area (Å²) < 4.78 is 2.24. The summed E-state index contributed by atoms with van der Waals surface area (Å²) in [6.07, 6.45) is 1.84. The summed E-state index contributed by atoms with van der Waals surface area (Å²) >= 11 is 0. The number of benzene rings is 8. The molecule has 0 saturated carbocycles. The number of fused-ring (bicyclic) bond motifs is 3. The lowest BCUT2D eigenvalue weighted by molar-refractivity contribution is 1.08. The predicted molar refractivity (Wildman–Crippen MR) is 197 cm³/mol. The van der Waals surface area contributed by atoms with Crippen molar-refractivity contribution < 1.29 is 0 Å². The molecule has 0 atom stereocenters. The second-order valence-corrected chi connectivity index (χ2v) is 12.1. The number of hydrogen-bond donors (Lipinski definition) is 0. The van der Waals surface area contributed by atoms with Crippen molar-refractivity contribution in [3.63, 3.8) is 0 Å². The molecule has 0 amide bonds. The molecule has 0 fully saturated rings. The van der Waals surface area contributed by atoms with Gasteiger partial charge >= 0.3 is 0 Å². The Morgan fingerprint density at radius 3 is 1.66 bits per heavy atom. The summed E-state index contributed by atoms with van der Waals surface area (Å²) in [6.45, 7) is 7.93. The van der Waals surface area contributed by atoms with E-state index in [0.29, 0.717) is 5.69 Å². The van der Waals surface area contributed by atoms with E-state index in [1.54, 1.807) is 0 Å². The van der Waals surface area contributed by atoms with Crippen LogP contribution in [0.5, 0.6) is 0 Å². The van der Waals surface area contributed by atoms with Gasteiger partial charge in [0.2, 0.25) is 0 Å². The SMILES string of the molecule is [C-]#[N+]c1ccc2c3c1ccc1c(-c4c5ccccc5c(-c5cccc6ccccc56)c5ccccc45)ccc(c13)n2-c1ccccn1. The Hall–Kier alpha value is -6.50. The molecule has 3 nitrogen and oxygen atoms in total. The summed E-state index contributed by atoms with van der Waals surface area (Å²) in [7, 11) is 0. The van der Waals surface area contributed by atoms with E-state index in [1.807, 2.05) is 30.5 Å². The second kappa shape index (κ2) is 9.75. The maximum atomic E-state index is 7.93. The molecule has 0 saturated heterocycles. The maximum absolute atomic E-state index is 7.93. The van der Waals surface area contributed by atoms with Gasteiger partial charge in [-0.15, -0.1) is 0 Å². The molecule has 216 valence electrons. The average molecular weight is 596 g/mol. The van der Waals surface area contributed by atoms with Crippen LogP contribution in [-0.4, -0.2) is 9.55 Å². The monoisotopic (exact) mass is 595 g/mol. The highest BCUT2D eigenvalue weighted by atomic mass is 15.1. The van der Waals surface area contributed by atoms with Crippen molar-refractivity contribution >= 4 is 70.6 Å². The number of nitrogens with zero attached hydrogens (tertiary/aromatic N) is 3. The van der Waals surface area contributed by atoms with Crippen LogP contribution in [-0.2, 0) is 0 Å². The van der Waals surface area contributed by atoms with Crippen molar-refractivity contribution in [3.05, 3.63) is 163 Å². The highest BCUT2D eigenvalue weighted by Gasteiger charge is 2.23. The fourth-order valence-corrected chi connectivity index (χ4v) is 7.94. The molecule has 0 spiro atoms. The molecule has 0 radical (unpaired) electrons. The van der Waals surface area contributed by atoms with Crippen molar-refractivity contribution in [3.8, 4) is 28.1 Å². The van der Waals surface area contributed by atoms with Gasteiger partial charge in [-0.1, -0.05) is 121 Å². The van der Waals surface area contributed by atoms with Crippen LogP contribution in [0.25, 0.3) is 97.8 Å². The van der Waals surface area contributed by atoms with E-state index >= 15 is 0 Å². The van der Waals surface area contributed by atoms with Gasteiger partial charge in [-0.05, 0) is 89.6 Å². The first kappa shape index (κ1) is 25.8. The lowest BCUT2D eigenvalue weighted by Crippen LogP contribution is -1.96. The Morgan fingerprint density at radius 2 is 1.00 bits per heavy atom. The Labute approximate surface area is 270 Å². The molecule has 0 N–H and O–H groups in total. The van der Waals surface area contributed by atoms with E-state index in [0.717, 1.165) is 33.0 Å². The third-order valence-corrected chi connectivity index (χ3v) is 9.83. The smallest absolute Gasteiger partial charge is 0.195 e. The van der Waals surface area contributed by atoms with Gasteiger partial charge in [0.25, 0.3) is 0 Å². The molecule has 2 heterocycles. The molecular weight excluding hydrogens is 571 g/mol. The maximum Gasteiger partial charge on any atom is 0.195 e. The third kappa shape index (κ3) is 3.53. The van der Waals surface area contributed by atoms with E-state index in [2.05, 4.69) is 131 Å². The lowest BCUT2D eigenvalue weighted by Gasteiger charge is -2.20. The molecule has 0 bridgehead atoms. The van der Waals surface area contributed by atoms with Crippen molar-refractivity contribution in [1.29, 1.82) is 0 Å². The first-order chi connectivity index (χ1) is 23.3. The topological polar surface area (TPSA) is 22.2 Å². The zero-order chi connectivity index (χ0) is 31.1. The van der Waals surface area contributed by atoms with Crippen LogP contribution in [0.4, 0.5) is 5.69 Å². The Balaban J connectivity index is 1.37. The van der Waals surface area contributed by atoms with Crippen LogP contribution in [0.2, 0.25) is 0 Å². The Bertz CT molecular complexity index is 2850. The molecular formula is C44H25N3. The van der Waals surface area contributed by atoms with Crippen molar-refractivity contribution in [1.82, 2.24) is 9.55 Å². The summed E-state index contributed by atoms with van der Waals surface area (Å²) in [5.74, 6) is 0.866. The van der Waals surface area contributed by atoms with Crippen LogP contribution in [0.15, 0.2) is 152 Å². The normalized spacial score (nSPS) is 11.8. The third-order valence-electron chi connectivity index (χ3n) is 9.83. The molecule has 10 rings (SSSR count). The Morgan fingerprint density at radius 1 is 0.447 bits per heavy atom. The standard InChI is InChI=1S/C44H25N3/c1-45-37-23-25-39-44-36(37)21-20-35-34(22-24-38(43(35)44)47(39)40-19-8-9-26-46-40)42-32-16-6-4-14-30(32)41(31-15-5-7-17-33(31)42)29-18-10-12-27-11-2-3-13-28(27)29/h2-26H. The quantitative estimate of drug-likeness (QED) is 0.113. The van der Waals surface area contributed by atoms with E-state index in [9.17, 15) is 0 Å². The van der Waals surface area contributed by atoms with Gasteiger partial charge in [0.1, 0.15) is 5.82 Å². The van der Waals surface area contributed by atoms with Crippen LogP contribution < -0.4 is 0 Å². The minimum atomic E-state index is 0.667. The van der Waals surface area contributed by atoms with E-state index in [1.165, 1.54) is 60.0 Å². The summed E-state index contributed by atoms with van der Waals surface area (Å²) in [4.78, 5) is 8.65. The first-order valence-electron chi connectivity index (χ1n) is 15.8. The Kier molecular flexibility index (Phi) is 5.35. The van der Waals surface area contributed by atoms with E-state index in [-0.39, 0.29) is 0 Å². The van der Waals surface area contributed by atoms with E-state index < -0.39 is 0 Å². The summed E-state index contributed by atoms with van der Waals surface area (Å²) in [6, 6.07) is 51.9. The molecule has 10 aromatic rings. The molecule has 0 unspecified atom stereocenters. The molecule has 0 aliphatic heterocycles. The fraction of sp³-hybridized carbons (Fsp3) is 0. The molecule has 2 aromatic heterocycles. The number of pyridine rings is 1. The van der Waals surface area contributed by atoms with Crippen LogP contribution in [0, 0.1) is 6.57 Å². The number of aromatic nitrogens is 2. The molecule has 8 aromatic carbocycles. The van der Waals surface area contributed by atoms with Crippen LogP contribution >= 0.6 is 0 Å². The molecule has 3 heteroatoms. The minimum Gasteiger partial charge on any atom is -0.294 e. The minimum absolute atomic E-state index is 0.667. The first-order valence-corrected chi connectivity index (χ1v) is 15.8. The van der Waals surface area contributed by atoms with Gasteiger partial charge in [-0.25, -0.2) is 9.83 Å². The largest absolute Gasteiger partial charge is 0.294 e. The molecule has 0 aliphatic rings. The number of hydrogen-bond acceptors (Lipinski definition) is 1. The number of rotatable bonds is 3. The summed E-state index contributed by atoms with van der Waals surface area (Å²) in [5.41, 5.74) is 7.73. The van der Waals surface area contributed by atoms with Crippen molar-refractivity contribution in [2.45, 2.75) is 0 Å². The predicted octanol–water partition coefficient (Wildman–Crippen LogP) is 12.1. The van der Waals surface area contributed by atoms with Gasteiger partial charge in [-0.3, -0.25) is 4.57 Å². The van der Waals surface area contributed by atoms with Gasteiger partial charge in [0.05, 0.1) is 17.6 Å². The fourth-order valence-electron chi connectivity index (χ4n) is 7.94. The van der Waals surface area contributed by atoms with Crippen LogP contribution in [0.3, 0.4) is 0 Å². The molecule has 0 aliphatic carbocycles. The van der Waals surface area contributed by atoms with Gasteiger partial charge < -0.3 is 0 Å². The zero-order valence-corrected chi connectivity index (χ0v) is 25.3. The van der Waals surface area contributed by atoms with Crippen molar-refractivity contribution in [2.75, 3.05) is 0 Å². The van der Waals surface area contributed by atoms with Gasteiger partial charge in [0, 0.05) is 17.0 Å². The lowest BCUT2D eigenvalue weighted by atomic mass is 9.83. The average Bonchev–Trinajstić information content (AvgIpc) is 3.48. The highest BCUT2D eigenvalue weighted by Crippen LogP contribution is 2.49.